The van der Waals surface area contributed by atoms with Crippen molar-refractivity contribution in [3.8, 4) is 0 Å². The van der Waals surface area contributed by atoms with Gasteiger partial charge in [-0.05, 0) is 24.3 Å². The van der Waals surface area contributed by atoms with E-state index in [1.807, 2.05) is 0 Å². The lowest BCUT2D eigenvalue weighted by molar-refractivity contribution is 0.0924. The highest BCUT2D eigenvalue weighted by Gasteiger charge is 2.11. The molecule has 0 aliphatic heterocycles. The molecule has 0 saturated heterocycles. The van der Waals surface area contributed by atoms with Gasteiger partial charge in [-0.3, -0.25) is 4.79 Å². The number of aromatic nitrogens is 3. The number of hydrogen-bond donors (Lipinski definition) is 3. The van der Waals surface area contributed by atoms with Gasteiger partial charge in [0.25, 0.3) is 0 Å². The van der Waals surface area contributed by atoms with Crippen molar-refractivity contribution in [1.29, 1.82) is 0 Å². The minimum absolute atomic E-state index is 0.00946. The summed E-state index contributed by atoms with van der Waals surface area (Å²) in [7, 11) is -3.73. The van der Waals surface area contributed by atoms with Crippen molar-refractivity contribution in [3.63, 3.8) is 0 Å². The molecule has 20 heavy (non-hydrogen) atoms. The van der Waals surface area contributed by atoms with Crippen molar-refractivity contribution in [1.82, 2.24) is 14.8 Å². The Balaban J connectivity index is 2.22. The van der Waals surface area contributed by atoms with Gasteiger partial charge in [0.2, 0.25) is 27.8 Å². The Kier molecular flexibility index (Phi) is 3.42. The van der Waals surface area contributed by atoms with Gasteiger partial charge in [0.1, 0.15) is 0 Å². The second-order valence-electron chi connectivity index (χ2n) is 3.92. The number of benzene rings is 1. The number of hydrogen-bond acceptors (Lipinski definition) is 7. The second-order valence-corrected chi connectivity index (χ2v) is 5.48. The molecule has 0 atom stereocenters. The maximum atomic E-state index is 11.2. The molecule has 1 aromatic heterocycles. The smallest absolute Gasteiger partial charge is 0.248 e. The Morgan fingerprint density at radius 2 is 1.90 bits per heavy atom. The van der Waals surface area contributed by atoms with Crippen molar-refractivity contribution in [2.24, 2.45) is 5.14 Å². The van der Waals surface area contributed by atoms with Crippen molar-refractivity contribution in [2.75, 3.05) is 11.1 Å². The quantitative estimate of drug-likeness (QED) is 0.717. The van der Waals surface area contributed by atoms with Gasteiger partial charge in [0.15, 0.2) is 0 Å². The largest absolute Gasteiger partial charge is 0.368 e. The normalized spacial score (nSPS) is 11.3. The number of rotatable bonds is 3. The average Bonchev–Trinajstić information content (AvgIpc) is 2.70. The Bertz CT molecular complexity index is 750. The Hall–Kier alpha value is -2.46. The van der Waals surface area contributed by atoms with Gasteiger partial charge in [-0.1, -0.05) is 0 Å². The van der Waals surface area contributed by atoms with E-state index in [0.717, 1.165) is 4.68 Å². The van der Waals surface area contributed by atoms with Crippen LogP contribution in [0.1, 0.15) is 11.7 Å². The minimum Gasteiger partial charge on any atom is -0.368 e. The number of sulfonamides is 1. The number of nitrogens with two attached hydrogens (primary N) is 2. The van der Waals surface area contributed by atoms with E-state index >= 15 is 0 Å². The lowest BCUT2D eigenvalue weighted by Crippen LogP contribution is -2.12. The number of nitrogens with zero attached hydrogens (tertiary/aromatic N) is 3. The summed E-state index contributed by atoms with van der Waals surface area (Å²) in [6, 6.07) is 5.65. The average molecular weight is 296 g/mol. The molecule has 0 aliphatic carbocycles. The zero-order valence-electron chi connectivity index (χ0n) is 10.4. The summed E-state index contributed by atoms with van der Waals surface area (Å²) in [6.07, 6.45) is 0. The van der Waals surface area contributed by atoms with Crippen molar-refractivity contribution < 1.29 is 13.2 Å². The first-order valence-electron chi connectivity index (χ1n) is 5.41. The van der Waals surface area contributed by atoms with Gasteiger partial charge in [-0.25, -0.2) is 13.6 Å². The van der Waals surface area contributed by atoms with Crippen LogP contribution in [0.3, 0.4) is 0 Å². The van der Waals surface area contributed by atoms with Gasteiger partial charge in [-0.15, -0.1) is 5.10 Å². The van der Waals surface area contributed by atoms with Gasteiger partial charge < -0.3 is 11.1 Å². The van der Waals surface area contributed by atoms with Crippen LogP contribution in [0, 0.1) is 0 Å². The van der Waals surface area contributed by atoms with Crippen molar-refractivity contribution in [3.05, 3.63) is 24.3 Å². The highest BCUT2D eigenvalue weighted by atomic mass is 32.2. The van der Waals surface area contributed by atoms with E-state index in [9.17, 15) is 13.2 Å². The fraction of sp³-hybridized carbons (Fsp3) is 0.100. The van der Waals surface area contributed by atoms with E-state index in [-0.39, 0.29) is 22.7 Å². The van der Waals surface area contributed by atoms with E-state index in [4.69, 9.17) is 10.9 Å². The third-order valence-electron chi connectivity index (χ3n) is 2.37. The molecular weight excluding hydrogens is 284 g/mol. The lowest BCUT2D eigenvalue weighted by atomic mass is 10.3. The molecule has 0 radical (unpaired) electrons. The number of anilines is 3. The molecule has 0 aliphatic rings. The summed E-state index contributed by atoms with van der Waals surface area (Å²) in [4.78, 5) is 15.0. The molecule has 1 aromatic carbocycles. The summed E-state index contributed by atoms with van der Waals surface area (Å²) in [5, 5.41) is 11.6. The van der Waals surface area contributed by atoms with Crippen LogP contribution in [0.2, 0.25) is 0 Å². The molecule has 9 nitrogen and oxygen atoms in total. The maximum absolute atomic E-state index is 11.2. The number of nitrogens with one attached hydrogen (secondary N) is 1. The summed E-state index contributed by atoms with van der Waals surface area (Å²) >= 11 is 0. The van der Waals surface area contributed by atoms with Crippen LogP contribution < -0.4 is 16.2 Å². The first kappa shape index (κ1) is 14.0. The first-order chi connectivity index (χ1) is 9.27. The summed E-state index contributed by atoms with van der Waals surface area (Å²) in [6.45, 7) is 1.30. The number of carbonyl (C=O) groups is 1. The zero-order valence-corrected chi connectivity index (χ0v) is 11.3. The predicted octanol–water partition coefficient (Wildman–Crippen LogP) is -0.0886. The Morgan fingerprint density at radius 3 is 2.35 bits per heavy atom. The van der Waals surface area contributed by atoms with Crippen LogP contribution in [-0.4, -0.2) is 29.1 Å². The third-order valence-corrected chi connectivity index (χ3v) is 3.30. The Morgan fingerprint density at radius 1 is 1.30 bits per heavy atom. The molecule has 1 heterocycles. The lowest BCUT2D eigenvalue weighted by Gasteiger charge is -2.02. The number of carbonyl (C=O) groups excluding carboxylic acids is 1. The van der Waals surface area contributed by atoms with Crippen LogP contribution in [0.15, 0.2) is 29.2 Å². The molecule has 0 spiro atoms. The van der Waals surface area contributed by atoms with Crippen LogP contribution in [0.5, 0.6) is 0 Å². The molecule has 5 N–H and O–H groups in total. The SMILES string of the molecule is CC(=O)n1nc(Nc2ccc(S(N)(=O)=O)cc2)nc1N. The van der Waals surface area contributed by atoms with E-state index in [1.165, 1.54) is 31.2 Å². The molecule has 0 saturated carbocycles. The first-order valence-corrected chi connectivity index (χ1v) is 6.95. The molecule has 0 unspecified atom stereocenters. The Labute approximate surface area is 114 Å². The number of nitrogen functional groups attached to an aromatic ring is 1. The van der Waals surface area contributed by atoms with E-state index in [0.29, 0.717) is 5.69 Å². The van der Waals surface area contributed by atoms with E-state index in [1.54, 1.807) is 0 Å². The molecule has 10 heteroatoms. The highest BCUT2D eigenvalue weighted by Crippen LogP contribution is 2.16. The summed E-state index contributed by atoms with van der Waals surface area (Å²) < 4.78 is 23.1. The minimum atomic E-state index is -3.73. The molecule has 106 valence electrons. The van der Waals surface area contributed by atoms with Gasteiger partial charge in [0, 0.05) is 12.6 Å². The van der Waals surface area contributed by atoms with Crippen LogP contribution >= 0.6 is 0 Å². The molecular formula is C10H12N6O3S. The summed E-state index contributed by atoms with van der Waals surface area (Å²) in [5.41, 5.74) is 6.04. The van der Waals surface area contributed by atoms with Gasteiger partial charge in [-0.2, -0.15) is 9.67 Å². The highest BCUT2D eigenvalue weighted by molar-refractivity contribution is 7.89. The fourth-order valence-electron chi connectivity index (χ4n) is 1.47. The molecule has 0 fully saturated rings. The van der Waals surface area contributed by atoms with Crippen molar-refractivity contribution in [2.45, 2.75) is 11.8 Å². The third kappa shape index (κ3) is 2.92. The maximum Gasteiger partial charge on any atom is 0.248 e. The standard InChI is InChI=1S/C10H12N6O3S/c1-6(17)16-9(11)14-10(15-16)13-7-2-4-8(5-3-7)20(12,18)19/h2-5H,1H3,(H2,12,18,19)(H3,11,13,14,15). The predicted molar refractivity (Wildman–Crippen MR) is 71.8 cm³/mol. The van der Waals surface area contributed by atoms with E-state index in [2.05, 4.69) is 15.4 Å². The molecule has 2 aromatic rings. The van der Waals surface area contributed by atoms with Crippen molar-refractivity contribution >= 4 is 33.5 Å². The fourth-order valence-corrected chi connectivity index (χ4v) is 1.98. The van der Waals surface area contributed by atoms with Crippen LogP contribution in [-0.2, 0) is 10.0 Å². The van der Waals surface area contributed by atoms with E-state index < -0.39 is 10.0 Å². The topological polar surface area (TPSA) is 146 Å². The van der Waals surface area contributed by atoms with Crippen LogP contribution in [0.4, 0.5) is 17.6 Å². The van der Waals surface area contributed by atoms with Crippen LogP contribution in [0.25, 0.3) is 0 Å². The molecule has 0 bridgehead atoms. The summed E-state index contributed by atoms with van der Waals surface area (Å²) in [5.74, 6) is -0.283. The van der Waals surface area contributed by atoms with Gasteiger partial charge >= 0.3 is 0 Å². The number of primary sulfonamides is 1. The monoisotopic (exact) mass is 296 g/mol. The molecule has 2 rings (SSSR count). The second kappa shape index (κ2) is 4.90. The zero-order chi connectivity index (χ0) is 14.9. The van der Waals surface area contributed by atoms with Gasteiger partial charge in [0.05, 0.1) is 4.90 Å². The molecule has 0 amide bonds.